The predicted molar refractivity (Wildman–Crippen MR) is 107 cm³/mol. The SMILES string of the molecule is O=C(/C=C/c1ccccc1)OC1C(COC(=O)Nc2ccc(Cl)cc2)OC(=O)C1(F)F. The van der Waals surface area contributed by atoms with E-state index in [1.165, 1.54) is 30.3 Å². The van der Waals surface area contributed by atoms with E-state index in [-0.39, 0.29) is 0 Å². The van der Waals surface area contributed by atoms with Gasteiger partial charge >= 0.3 is 24.0 Å². The van der Waals surface area contributed by atoms with Gasteiger partial charge in [-0.15, -0.1) is 0 Å². The fourth-order valence-corrected chi connectivity index (χ4v) is 2.76. The Hall–Kier alpha value is -3.46. The average molecular weight is 452 g/mol. The van der Waals surface area contributed by atoms with Crippen molar-refractivity contribution in [1.29, 1.82) is 0 Å². The zero-order chi connectivity index (χ0) is 22.4. The van der Waals surface area contributed by atoms with E-state index in [0.29, 0.717) is 16.3 Å². The number of rotatable bonds is 6. The first-order valence-corrected chi connectivity index (χ1v) is 9.35. The summed E-state index contributed by atoms with van der Waals surface area (Å²) in [5.74, 6) is -7.07. The monoisotopic (exact) mass is 451 g/mol. The van der Waals surface area contributed by atoms with E-state index < -0.39 is 42.8 Å². The maximum absolute atomic E-state index is 14.1. The van der Waals surface area contributed by atoms with Crippen molar-refractivity contribution in [2.24, 2.45) is 0 Å². The number of alkyl halides is 2. The Kier molecular flexibility index (Phi) is 6.86. The zero-order valence-corrected chi connectivity index (χ0v) is 16.6. The minimum Gasteiger partial charge on any atom is -0.450 e. The fourth-order valence-electron chi connectivity index (χ4n) is 2.64. The van der Waals surface area contributed by atoms with Crippen LogP contribution in [0.2, 0.25) is 5.02 Å². The average Bonchev–Trinajstić information content (AvgIpc) is 2.96. The highest BCUT2D eigenvalue weighted by Gasteiger charge is 2.62. The van der Waals surface area contributed by atoms with Crippen molar-refractivity contribution >= 4 is 41.4 Å². The molecule has 31 heavy (non-hydrogen) atoms. The smallest absolute Gasteiger partial charge is 0.411 e. The maximum Gasteiger partial charge on any atom is 0.411 e. The minimum absolute atomic E-state index is 0.345. The van der Waals surface area contributed by atoms with Crippen LogP contribution in [-0.4, -0.2) is 42.8 Å². The number of amides is 1. The molecule has 162 valence electrons. The number of esters is 2. The molecule has 3 rings (SSSR count). The number of carbonyl (C=O) groups excluding carboxylic acids is 3. The molecule has 1 heterocycles. The molecule has 2 atom stereocenters. The standard InChI is InChI=1S/C21H16ClF2NO6/c22-14-7-9-15(10-8-14)25-20(28)29-12-16-18(21(23,24)19(27)30-16)31-17(26)11-6-13-4-2-1-3-5-13/h1-11,16,18H,12H2,(H,25,28)/b11-6+. The highest BCUT2D eigenvalue weighted by molar-refractivity contribution is 6.30. The number of benzene rings is 2. The maximum atomic E-state index is 14.1. The van der Waals surface area contributed by atoms with Gasteiger partial charge in [-0.1, -0.05) is 41.9 Å². The van der Waals surface area contributed by atoms with Crippen molar-refractivity contribution in [1.82, 2.24) is 0 Å². The van der Waals surface area contributed by atoms with Gasteiger partial charge in [0.05, 0.1) is 0 Å². The molecular formula is C21H16ClF2NO6. The largest absolute Gasteiger partial charge is 0.450 e. The summed E-state index contributed by atoms with van der Waals surface area (Å²) < 4.78 is 42.4. The minimum atomic E-state index is -4.09. The van der Waals surface area contributed by atoms with Crippen LogP contribution in [0, 0.1) is 0 Å². The molecule has 2 aromatic rings. The Labute approximate surface area is 180 Å². The van der Waals surface area contributed by atoms with Gasteiger partial charge in [0, 0.05) is 16.8 Å². The van der Waals surface area contributed by atoms with Gasteiger partial charge in [-0.25, -0.2) is 14.4 Å². The summed E-state index contributed by atoms with van der Waals surface area (Å²) in [6, 6.07) is 14.6. The quantitative estimate of drug-likeness (QED) is 0.404. The van der Waals surface area contributed by atoms with Crippen molar-refractivity contribution in [3.05, 3.63) is 71.3 Å². The Morgan fingerprint density at radius 1 is 1.13 bits per heavy atom. The molecule has 10 heteroatoms. The lowest BCUT2D eigenvalue weighted by atomic mass is 10.1. The number of cyclic esters (lactones) is 1. The van der Waals surface area contributed by atoms with Crippen molar-refractivity contribution in [2.75, 3.05) is 11.9 Å². The number of carbonyl (C=O) groups is 3. The van der Waals surface area contributed by atoms with Gasteiger partial charge in [-0.05, 0) is 35.9 Å². The second-order valence-corrected chi connectivity index (χ2v) is 6.84. The molecule has 2 unspecified atom stereocenters. The van der Waals surface area contributed by atoms with Gasteiger partial charge in [-0.2, -0.15) is 8.78 Å². The Balaban J connectivity index is 1.60. The molecule has 1 saturated heterocycles. The van der Waals surface area contributed by atoms with Crippen molar-refractivity contribution in [3.8, 4) is 0 Å². The molecule has 1 aliphatic rings. The molecule has 0 spiro atoms. The summed E-state index contributed by atoms with van der Waals surface area (Å²) in [5.41, 5.74) is 0.987. The summed E-state index contributed by atoms with van der Waals surface area (Å²) in [4.78, 5) is 35.3. The van der Waals surface area contributed by atoms with Gasteiger partial charge in [0.25, 0.3) is 0 Å². The summed E-state index contributed by atoms with van der Waals surface area (Å²) in [6.45, 7) is -0.749. The van der Waals surface area contributed by atoms with E-state index >= 15 is 0 Å². The van der Waals surface area contributed by atoms with Gasteiger partial charge in [-0.3, -0.25) is 5.32 Å². The van der Waals surface area contributed by atoms with Crippen molar-refractivity contribution < 1.29 is 37.4 Å². The molecule has 0 bridgehead atoms. The van der Waals surface area contributed by atoms with Crippen LogP contribution in [0.3, 0.4) is 0 Å². The zero-order valence-electron chi connectivity index (χ0n) is 15.8. The number of ether oxygens (including phenoxy) is 3. The molecule has 0 aliphatic carbocycles. The molecule has 0 saturated carbocycles. The molecule has 1 amide bonds. The van der Waals surface area contributed by atoms with Crippen LogP contribution in [0.4, 0.5) is 19.3 Å². The van der Waals surface area contributed by atoms with E-state index in [4.69, 9.17) is 21.1 Å². The molecule has 2 aromatic carbocycles. The Morgan fingerprint density at radius 3 is 2.48 bits per heavy atom. The van der Waals surface area contributed by atoms with E-state index in [9.17, 15) is 23.2 Å². The second kappa shape index (κ2) is 9.57. The highest BCUT2D eigenvalue weighted by atomic mass is 35.5. The van der Waals surface area contributed by atoms with Gasteiger partial charge in [0.2, 0.25) is 6.10 Å². The van der Waals surface area contributed by atoms with Crippen LogP contribution in [0.1, 0.15) is 5.56 Å². The number of nitrogens with one attached hydrogen (secondary N) is 1. The van der Waals surface area contributed by atoms with E-state index in [1.807, 2.05) is 0 Å². The topological polar surface area (TPSA) is 90.9 Å². The van der Waals surface area contributed by atoms with E-state index in [2.05, 4.69) is 10.1 Å². The summed E-state index contributed by atoms with van der Waals surface area (Å²) >= 11 is 5.74. The predicted octanol–water partition coefficient (Wildman–Crippen LogP) is 4.07. The van der Waals surface area contributed by atoms with Crippen LogP contribution in [-0.2, 0) is 23.8 Å². The van der Waals surface area contributed by atoms with Crippen molar-refractivity contribution in [2.45, 2.75) is 18.1 Å². The number of hydrogen-bond acceptors (Lipinski definition) is 6. The van der Waals surface area contributed by atoms with E-state index in [1.54, 1.807) is 30.3 Å². The third-order valence-corrected chi connectivity index (χ3v) is 4.40. The first-order valence-electron chi connectivity index (χ1n) is 8.97. The molecule has 1 fully saturated rings. The summed E-state index contributed by atoms with van der Waals surface area (Å²) in [5, 5.41) is 2.80. The molecule has 1 aliphatic heterocycles. The first kappa shape index (κ1) is 22.2. The summed E-state index contributed by atoms with van der Waals surface area (Å²) in [7, 11) is 0. The van der Waals surface area contributed by atoms with Crippen LogP contribution in [0.15, 0.2) is 60.7 Å². The van der Waals surface area contributed by atoms with Crippen LogP contribution in [0.5, 0.6) is 0 Å². The third kappa shape index (κ3) is 5.79. The molecular weight excluding hydrogens is 436 g/mol. The van der Waals surface area contributed by atoms with Crippen LogP contribution in [0.25, 0.3) is 6.08 Å². The lowest BCUT2D eigenvalue weighted by molar-refractivity contribution is -0.170. The number of hydrogen-bond donors (Lipinski definition) is 1. The highest BCUT2D eigenvalue weighted by Crippen LogP contribution is 2.34. The lowest BCUT2D eigenvalue weighted by Crippen LogP contribution is -2.43. The summed E-state index contributed by atoms with van der Waals surface area (Å²) in [6.07, 6.45) is -2.60. The van der Waals surface area contributed by atoms with Gasteiger partial charge < -0.3 is 14.2 Å². The Bertz CT molecular complexity index is 981. The fraction of sp³-hybridized carbons (Fsp3) is 0.190. The second-order valence-electron chi connectivity index (χ2n) is 6.40. The number of halogens is 3. The van der Waals surface area contributed by atoms with Gasteiger partial charge in [0.1, 0.15) is 6.61 Å². The van der Waals surface area contributed by atoms with Crippen LogP contribution >= 0.6 is 11.6 Å². The lowest BCUT2D eigenvalue weighted by Gasteiger charge is -2.19. The van der Waals surface area contributed by atoms with Crippen molar-refractivity contribution in [3.63, 3.8) is 0 Å². The van der Waals surface area contributed by atoms with Crippen LogP contribution < -0.4 is 5.32 Å². The number of anilines is 1. The van der Waals surface area contributed by atoms with E-state index in [0.717, 1.165) is 6.08 Å². The normalized spacial score (nSPS) is 19.6. The molecule has 7 nitrogen and oxygen atoms in total. The molecule has 0 aromatic heterocycles. The van der Waals surface area contributed by atoms with Gasteiger partial charge in [0.15, 0.2) is 6.10 Å². The first-order chi connectivity index (χ1) is 14.8. The Morgan fingerprint density at radius 2 is 1.81 bits per heavy atom. The molecule has 0 radical (unpaired) electrons. The third-order valence-electron chi connectivity index (χ3n) is 4.15. The molecule has 1 N–H and O–H groups in total.